The van der Waals surface area contributed by atoms with Gasteiger partial charge in [-0.05, 0) is 37.1 Å². The highest BCUT2D eigenvalue weighted by atomic mass is 79.9. The van der Waals surface area contributed by atoms with Crippen LogP contribution >= 0.6 is 15.9 Å². The second-order valence-electron chi connectivity index (χ2n) is 5.64. The summed E-state index contributed by atoms with van der Waals surface area (Å²) < 4.78 is 0.826. The first kappa shape index (κ1) is 15.2. The van der Waals surface area contributed by atoms with E-state index in [9.17, 15) is 14.4 Å². The fraction of sp³-hybridized carbons (Fsp3) is 0.400. The number of hydrogen-bond acceptors (Lipinski definition) is 4. The molecule has 1 saturated carbocycles. The Morgan fingerprint density at radius 3 is 2.09 bits per heavy atom. The molecule has 2 N–H and O–H groups in total. The maximum atomic E-state index is 12.4. The molecule has 6 nitrogen and oxygen atoms in total. The van der Waals surface area contributed by atoms with Crippen molar-refractivity contribution < 1.29 is 14.4 Å². The zero-order chi connectivity index (χ0) is 15.9. The highest BCUT2D eigenvalue weighted by Gasteiger charge is 2.51. The topological polar surface area (TPSA) is 83.7 Å². The zero-order valence-electron chi connectivity index (χ0n) is 11.9. The summed E-state index contributed by atoms with van der Waals surface area (Å²) in [5, 5.41) is 1.48. The molecule has 1 heterocycles. The fourth-order valence-electron chi connectivity index (χ4n) is 3.17. The molecule has 1 aromatic rings. The standard InChI is InChI=1S/C15H16BrN3O3/c16-10-7-5-9(6-8-10)13(20)19(17)18-14(21)11-3-1-2-4-12(11)15(18)22/h5-8,11-12H,1-4,17H2. The van der Waals surface area contributed by atoms with Crippen LogP contribution in [0.3, 0.4) is 0 Å². The third kappa shape index (κ3) is 2.44. The predicted molar refractivity (Wildman–Crippen MR) is 81.8 cm³/mol. The number of carbonyl (C=O) groups is 3. The van der Waals surface area contributed by atoms with E-state index in [1.165, 1.54) is 0 Å². The Kier molecular flexibility index (Phi) is 4.01. The van der Waals surface area contributed by atoms with Crippen LogP contribution in [0.5, 0.6) is 0 Å². The van der Waals surface area contributed by atoms with Crippen LogP contribution in [0.15, 0.2) is 28.7 Å². The van der Waals surface area contributed by atoms with Gasteiger partial charge in [0.1, 0.15) is 0 Å². The van der Waals surface area contributed by atoms with Gasteiger partial charge < -0.3 is 0 Å². The first-order valence-electron chi connectivity index (χ1n) is 7.23. The lowest BCUT2D eigenvalue weighted by Gasteiger charge is -2.25. The van der Waals surface area contributed by atoms with Crippen LogP contribution in [0.25, 0.3) is 0 Å². The minimum Gasteiger partial charge on any atom is -0.272 e. The molecule has 116 valence electrons. The van der Waals surface area contributed by atoms with Crippen LogP contribution in [0.1, 0.15) is 36.0 Å². The Balaban J connectivity index is 1.83. The quantitative estimate of drug-likeness (QED) is 0.375. The summed E-state index contributed by atoms with van der Waals surface area (Å²) in [6.07, 6.45) is 3.23. The number of nitrogens with zero attached hydrogens (tertiary/aromatic N) is 2. The summed E-state index contributed by atoms with van der Waals surface area (Å²) in [6.45, 7) is 0. The van der Waals surface area contributed by atoms with Crippen LogP contribution in [0, 0.1) is 11.8 Å². The lowest BCUT2D eigenvalue weighted by Crippen LogP contribution is -2.54. The average Bonchev–Trinajstić information content (AvgIpc) is 2.79. The van der Waals surface area contributed by atoms with Gasteiger partial charge >= 0.3 is 0 Å². The summed E-state index contributed by atoms with van der Waals surface area (Å²) >= 11 is 3.28. The van der Waals surface area contributed by atoms with Crippen molar-refractivity contribution in [2.75, 3.05) is 0 Å². The minimum atomic E-state index is -0.576. The molecule has 1 aliphatic heterocycles. The van der Waals surface area contributed by atoms with Crippen molar-refractivity contribution in [1.29, 1.82) is 0 Å². The van der Waals surface area contributed by atoms with Gasteiger partial charge in [0.25, 0.3) is 17.7 Å². The zero-order valence-corrected chi connectivity index (χ0v) is 13.5. The first-order valence-corrected chi connectivity index (χ1v) is 8.02. The number of hydrogen-bond donors (Lipinski definition) is 1. The molecule has 22 heavy (non-hydrogen) atoms. The molecule has 1 aromatic carbocycles. The van der Waals surface area contributed by atoms with Crippen LogP contribution < -0.4 is 5.84 Å². The van der Waals surface area contributed by atoms with E-state index >= 15 is 0 Å². The van der Waals surface area contributed by atoms with Crippen molar-refractivity contribution in [3.63, 3.8) is 0 Å². The second-order valence-corrected chi connectivity index (χ2v) is 6.56. The van der Waals surface area contributed by atoms with E-state index in [2.05, 4.69) is 15.9 Å². The third-order valence-corrected chi connectivity index (χ3v) is 4.86. The number of imide groups is 1. The number of halogens is 1. The lowest BCUT2D eigenvalue weighted by molar-refractivity contribution is -0.155. The number of amides is 3. The molecular formula is C15H16BrN3O3. The van der Waals surface area contributed by atoms with E-state index in [-0.39, 0.29) is 23.7 Å². The van der Waals surface area contributed by atoms with Gasteiger partial charge in [0, 0.05) is 10.0 Å². The summed E-state index contributed by atoms with van der Waals surface area (Å²) in [5.41, 5.74) is 0.321. The number of benzene rings is 1. The van der Waals surface area contributed by atoms with Gasteiger partial charge in [-0.1, -0.05) is 28.8 Å². The molecule has 2 aliphatic rings. The van der Waals surface area contributed by atoms with Gasteiger partial charge in [0.2, 0.25) is 0 Å². The molecule has 7 heteroatoms. The van der Waals surface area contributed by atoms with Gasteiger partial charge in [0.05, 0.1) is 11.8 Å². The number of carbonyl (C=O) groups excluding carboxylic acids is 3. The van der Waals surface area contributed by atoms with E-state index in [0.29, 0.717) is 23.5 Å². The van der Waals surface area contributed by atoms with Gasteiger partial charge in [-0.15, -0.1) is 0 Å². The molecule has 3 amide bonds. The summed E-state index contributed by atoms with van der Waals surface area (Å²) in [6, 6.07) is 6.58. The highest BCUT2D eigenvalue weighted by molar-refractivity contribution is 9.10. The number of fused-ring (bicyclic) bond motifs is 1. The number of nitrogens with two attached hydrogens (primary N) is 1. The highest BCUT2D eigenvalue weighted by Crippen LogP contribution is 2.38. The van der Waals surface area contributed by atoms with E-state index in [1.807, 2.05) is 0 Å². The largest absolute Gasteiger partial charge is 0.287 e. The maximum Gasteiger partial charge on any atom is 0.287 e. The Morgan fingerprint density at radius 1 is 1.09 bits per heavy atom. The molecular weight excluding hydrogens is 350 g/mol. The average molecular weight is 366 g/mol. The van der Waals surface area contributed by atoms with Crippen LogP contribution in [-0.4, -0.2) is 27.8 Å². The van der Waals surface area contributed by atoms with Crippen molar-refractivity contribution in [2.45, 2.75) is 25.7 Å². The SMILES string of the molecule is NN(C(=O)c1ccc(Br)cc1)N1C(=O)C2CCCCC2C1=O. The van der Waals surface area contributed by atoms with E-state index in [0.717, 1.165) is 22.3 Å². The lowest BCUT2D eigenvalue weighted by atomic mass is 9.81. The van der Waals surface area contributed by atoms with Crippen LogP contribution in [0.4, 0.5) is 0 Å². The second kappa shape index (κ2) is 5.81. The molecule has 0 bridgehead atoms. The van der Waals surface area contributed by atoms with Crippen LogP contribution in [0.2, 0.25) is 0 Å². The van der Waals surface area contributed by atoms with Gasteiger partial charge in [0.15, 0.2) is 0 Å². The van der Waals surface area contributed by atoms with Crippen molar-refractivity contribution in [1.82, 2.24) is 10.1 Å². The summed E-state index contributed by atoms with van der Waals surface area (Å²) in [4.78, 5) is 37.2. The first-order chi connectivity index (χ1) is 10.5. The fourth-order valence-corrected chi connectivity index (χ4v) is 3.44. The van der Waals surface area contributed by atoms with E-state index in [1.54, 1.807) is 24.3 Å². The molecule has 2 fully saturated rings. The van der Waals surface area contributed by atoms with Gasteiger partial charge in [-0.2, -0.15) is 10.1 Å². The van der Waals surface area contributed by atoms with E-state index < -0.39 is 5.91 Å². The normalized spacial score (nSPS) is 24.4. The smallest absolute Gasteiger partial charge is 0.272 e. The molecule has 3 rings (SSSR count). The Hall–Kier alpha value is -1.73. The molecule has 1 aliphatic carbocycles. The third-order valence-electron chi connectivity index (χ3n) is 4.33. The summed E-state index contributed by atoms with van der Waals surface area (Å²) in [5.74, 6) is 3.83. The molecule has 0 radical (unpaired) electrons. The maximum absolute atomic E-state index is 12.4. The Labute approximate surface area is 136 Å². The predicted octanol–water partition coefficient (Wildman–Crippen LogP) is 1.86. The number of rotatable bonds is 2. The molecule has 1 saturated heterocycles. The molecule has 2 unspecified atom stereocenters. The Bertz CT molecular complexity index is 607. The molecule has 0 aromatic heterocycles. The molecule has 0 spiro atoms. The Morgan fingerprint density at radius 2 is 1.59 bits per heavy atom. The van der Waals surface area contributed by atoms with Crippen molar-refractivity contribution in [3.05, 3.63) is 34.3 Å². The van der Waals surface area contributed by atoms with Crippen molar-refractivity contribution >= 4 is 33.7 Å². The number of hydrazine groups is 2. The van der Waals surface area contributed by atoms with Crippen molar-refractivity contribution in [3.8, 4) is 0 Å². The van der Waals surface area contributed by atoms with Gasteiger partial charge in [-0.25, -0.2) is 5.84 Å². The van der Waals surface area contributed by atoms with Gasteiger partial charge in [-0.3, -0.25) is 14.4 Å². The minimum absolute atomic E-state index is 0.321. The van der Waals surface area contributed by atoms with E-state index in [4.69, 9.17) is 5.84 Å². The summed E-state index contributed by atoms with van der Waals surface area (Å²) in [7, 11) is 0. The monoisotopic (exact) mass is 365 g/mol. The van der Waals surface area contributed by atoms with Crippen LogP contribution in [-0.2, 0) is 9.59 Å². The molecule has 2 atom stereocenters. The van der Waals surface area contributed by atoms with Crippen molar-refractivity contribution in [2.24, 2.45) is 17.7 Å².